The fourth-order valence-electron chi connectivity index (χ4n) is 1.15. The van der Waals surface area contributed by atoms with E-state index in [2.05, 4.69) is 13.5 Å². The fraction of sp³-hybridized carbons (Fsp3) is 0.538. The molecule has 1 heteroatoms. The molecule has 0 spiro atoms. The van der Waals surface area contributed by atoms with Gasteiger partial charge in [-0.3, -0.25) is 0 Å². The Hall–Kier alpha value is -0.820. The second kappa shape index (κ2) is 10.3. The zero-order valence-electron chi connectivity index (χ0n) is 9.15. The minimum Gasteiger partial charge on any atom is -0.389 e. The van der Waals surface area contributed by atoms with E-state index in [9.17, 15) is 5.11 Å². The molecule has 14 heavy (non-hydrogen) atoms. The van der Waals surface area contributed by atoms with Gasteiger partial charge < -0.3 is 5.11 Å². The Kier molecular flexibility index (Phi) is 9.66. The molecular weight excluding hydrogens is 172 g/mol. The summed E-state index contributed by atoms with van der Waals surface area (Å²) < 4.78 is 0. The van der Waals surface area contributed by atoms with Crippen molar-refractivity contribution in [1.29, 1.82) is 0 Å². The largest absolute Gasteiger partial charge is 0.389 e. The maximum atomic E-state index is 9.49. The van der Waals surface area contributed by atoms with E-state index in [0.717, 1.165) is 19.3 Å². The Labute approximate surface area is 87.8 Å². The molecule has 0 saturated carbocycles. The lowest BCUT2D eigenvalue weighted by Crippen LogP contribution is -2.00. The number of aliphatic hydroxyl groups is 1. The van der Waals surface area contributed by atoms with Crippen LogP contribution in [0.1, 0.15) is 39.0 Å². The SMILES string of the molecule is C=CC/C=C/C=C/[C@@H](O)CCCCC. The lowest BCUT2D eigenvalue weighted by Gasteiger charge is -2.02. The standard InChI is InChI=1S/C13H22O/c1-3-5-7-8-10-12-13(14)11-9-6-4-2/h3,7-8,10,12-14H,1,4-6,9,11H2,2H3/b8-7+,12-10+/t13-/m0/s1. The molecule has 1 N–H and O–H groups in total. The zero-order valence-corrected chi connectivity index (χ0v) is 9.15. The fourth-order valence-corrected chi connectivity index (χ4v) is 1.15. The molecule has 0 heterocycles. The average Bonchev–Trinajstić information content (AvgIpc) is 2.18. The highest BCUT2D eigenvalue weighted by molar-refractivity contribution is 5.05. The van der Waals surface area contributed by atoms with Crippen LogP contribution in [0.2, 0.25) is 0 Å². The van der Waals surface area contributed by atoms with Crippen molar-refractivity contribution in [3.63, 3.8) is 0 Å². The lowest BCUT2D eigenvalue weighted by molar-refractivity contribution is 0.208. The van der Waals surface area contributed by atoms with Gasteiger partial charge in [-0.25, -0.2) is 0 Å². The van der Waals surface area contributed by atoms with Crippen LogP contribution in [0.3, 0.4) is 0 Å². The van der Waals surface area contributed by atoms with E-state index in [-0.39, 0.29) is 6.10 Å². The minimum absolute atomic E-state index is 0.282. The number of hydrogen-bond donors (Lipinski definition) is 1. The third-order valence-corrected chi connectivity index (χ3v) is 1.99. The first-order valence-electron chi connectivity index (χ1n) is 5.43. The van der Waals surface area contributed by atoms with Crippen molar-refractivity contribution in [3.05, 3.63) is 37.0 Å². The van der Waals surface area contributed by atoms with Crippen LogP contribution in [0.4, 0.5) is 0 Å². The summed E-state index contributed by atoms with van der Waals surface area (Å²) in [5.41, 5.74) is 0. The summed E-state index contributed by atoms with van der Waals surface area (Å²) in [7, 11) is 0. The summed E-state index contributed by atoms with van der Waals surface area (Å²) in [6, 6.07) is 0. The Morgan fingerprint density at radius 3 is 2.71 bits per heavy atom. The van der Waals surface area contributed by atoms with Crippen molar-refractivity contribution in [2.45, 2.75) is 45.1 Å². The molecule has 0 rings (SSSR count). The first-order valence-corrected chi connectivity index (χ1v) is 5.43. The number of aliphatic hydroxyl groups excluding tert-OH is 1. The first kappa shape index (κ1) is 13.2. The molecular formula is C13H22O. The van der Waals surface area contributed by atoms with Crippen molar-refractivity contribution in [2.75, 3.05) is 0 Å². The highest BCUT2D eigenvalue weighted by Gasteiger charge is 1.96. The maximum Gasteiger partial charge on any atom is 0.0723 e. The van der Waals surface area contributed by atoms with E-state index in [1.54, 1.807) is 0 Å². The van der Waals surface area contributed by atoms with Crippen LogP contribution in [-0.2, 0) is 0 Å². The number of rotatable bonds is 8. The summed E-state index contributed by atoms with van der Waals surface area (Å²) in [6.45, 7) is 5.79. The van der Waals surface area contributed by atoms with Gasteiger partial charge in [-0.15, -0.1) is 6.58 Å². The Morgan fingerprint density at radius 2 is 2.07 bits per heavy atom. The predicted octanol–water partition coefficient (Wildman–Crippen LogP) is 3.62. The molecule has 0 aromatic carbocycles. The smallest absolute Gasteiger partial charge is 0.0723 e. The van der Waals surface area contributed by atoms with Crippen molar-refractivity contribution >= 4 is 0 Å². The third-order valence-electron chi connectivity index (χ3n) is 1.99. The molecule has 0 fully saturated rings. The first-order chi connectivity index (χ1) is 6.81. The number of unbranched alkanes of at least 4 members (excludes halogenated alkanes) is 2. The van der Waals surface area contributed by atoms with Crippen molar-refractivity contribution in [1.82, 2.24) is 0 Å². The summed E-state index contributed by atoms with van der Waals surface area (Å²) in [4.78, 5) is 0. The molecule has 0 aromatic rings. The maximum absolute atomic E-state index is 9.49. The molecule has 80 valence electrons. The van der Waals surface area contributed by atoms with Gasteiger partial charge in [0.1, 0.15) is 0 Å². The topological polar surface area (TPSA) is 20.2 Å². The Balaban J connectivity index is 3.49. The molecule has 0 radical (unpaired) electrons. The van der Waals surface area contributed by atoms with E-state index in [1.165, 1.54) is 12.8 Å². The van der Waals surface area contributed by atoms with Gasteiger partial charge in [0, 0.05) is 0 Å². The summed E-state index contributed by atoms with van der Waals surface area (Å²) in [5.74, 6) is 0. The highest BCUT2D eigenvalue weighted by atomic mass is 16.3. The molecule has 0 aliphatic rings. The number of hydrogen-bond acceptors (Lipinski definition) is 1. The van der Waals surface area contributed by atoms with Gasteiger partial charge in [0.2, 0.25) is 0 Å². The van der Waals surface area contributed by atoms with Crippen molar-refractivity contribution in [3.8, 4) is 0 Å². The van der Waals surface area contributed by atoms with E-state index in [4.69, 9.17) is 0 Å². The summed E-state index contributed by atoms with van der Waals surface area (Å²) in [5, 5.41) is 9.49. The molecule has 0 amide bonds. The minimum atomic E-state index is -0.282. The Morgan fingerprint density at radius 1 is 1.29 bits per heavy atom. The second-order valence-electron chi connectivity index (χ2n) is 3.40. The van der Waals surface area contributed by atoms with Crippen molar-refractivity contribution in [2.24, 2.45) is 0 Å². The third kappa shape index (κ3) is 9.27. The van der Waals surface area contributed by atoms with Crippen molar-refractivity contribution < 1.29 is 5.11 Å². The predicted molar refractivity (Wildman–Crippen MR) is 63.2 cm³/mol. The molecule has 1 atom stereocenters. The van der Waals surface area contributed by atoms with Crippen LogP contribution in [-0.4, -0.2) is 11.2 Å². The lowest BCUT2D eigenvalue weighted by atomic mass is 10.1. The van der Waals surface area contributed by atoms with Gasteiger partial charge in [-0.2, -0.15) is 0 Å². The quantitative estimate of drug-likeness (QED) is 0.355. The van der Waals surface area contributed by atoms with Gasteiger partial charge in [0.05, 0.1) is 6.10 Å². The van der Waals surface area contributed by atoms with Gasteiger partial charge in [-0.05, 0) is 12.8 Å². The summed E-state index contributed by atoms with van der Waals surface area (Å²) in [6.07, 6.45) is 14.6. The monoisotopic (exact) mass is 194 g/mol. The second-order valence-corrected chi connectivity index (χ2v) is 3.40. The van der Waals surface area contributed by atoms with E-state index >= 15 is 0 Å². The molecule has 0 aliphatic heterocycles. The van der Waals surface area contributed by atoms with Gasteiger partial charge in [0.25, 0.3) is 0 Å². The van der Waals surface area contributed by atoms with E-state index in [1.807, 2.05) is 30.4 Å². The Bertz CT molecular complexity index is 180. The normalized spacial score (nSPS) is 13.9. The zero-order chi connectivity index (χ0) is 10.6. The van der Waals surface area contributed by atoms with Crippen LogP contribution in [0, 0.1) is 0 Å². The van der Waals surface area contributed by atoms with Crippen LogP contribution in [0.5, 0.6) is 0 Å². The molecule has 0 aliphatic carbocycles. The molecule has 0 unspecified atom stereocenters. The van der Waals surface area contributed by atoms with Gasteiger partial charge >= 0.3 is 0 Å². The summed E-state index contributed by atoms with van der Waals surface area (Å²) >= 11 is 0. The molecule has 0 bridgehead atoms. The average molecular weight is 194 g/mol. The molecule has 0 aromatic heterocycles. The highest BCUT2D eigenvalue weighted by Crippen LogP contribution is 2.04. The van der Waals surface area contributed by atoms with E-state index < -0.39 is 0 Å². The van der Waals surface area contributed by atoms with Crippen LogP contribution in [0.25, 0.3) is 0 Å². The van der Waals surface area contributed by atoms with Gasteiger partial charge in [0.15, 0.2) is 0 Å². The number of allylic oxidation sites excluding steroid dienone is 4. The van der Waals surface area contributed by atoms with Crippen LogP contribution >= 0.6 is 0 Å². The molecule has 0 saturated heterocycles. The van der Waals surface area contributed by atoms with Crippen LogP contribution < -0.4 is 0 Å². The van der Waals surface area contributed by atoms with Gasteiger partial charge in [-0.1, -0.05) is 56.6 Å². The van der Waals surface area contributed by atoms with Crippen LogP contribution in [0.15, 0.2) is 37.0 Å². The van der Waals surface area contributed by atoms with E-state index in [0.29, 0.717) is 0 Å². The molecule has 1 nitrogen and oxygen atoms in total.